The smallest absolute Gasteiger partial charge is 0.0285 e. The van der Waals surface area contributed by atoms with E-state index in [0.717, 1.165) is 25.7 Å². The first-order chi connectivity index (χ1) is 19.0. The van der Waals surface area contributed by atoms with Crippen LogP contribution in [0.25, 0.3) is 0 Å². The first kappa shape index (κ1) is 36.6. The molecule has 0 aliphatic rings. The van der Waals surface area contributed by atoms with E-state index < -0.39 is 0 Å². The molecule has 0 bridgehead atoms. The molecule has 0 spiro atoms. The van der Waals surface area contributed by atoms with Gasteiger partial charge in [0.25, 0.3) is 0 Å². The van der Waals surface area contributed by atoms with Crippen LogP contribution < -0.4 is 0 Å². The molecule has 0 radical (unpaired) electrons. The van der Waals surface area contributed by atoms with Gasteiger partial charge in [-0.05, 0) is 94.9 Å². The average Bonchev–Trinajstić information content (AvgIpc) is 2.86. The summed E-state index contributed by atoms with van der Waals surface area (Å²) in [5, 5.41) is 0. The molecule has 0 nitrogen and oxygen atoms in total. The van der Waals surface area contributed by atoms with E-state index in [0.29, 0.717) is 0 Å². The molecule has 0 aromatic heterocycles. The normalized spacial score (nSPS) is 15.1. The molecule has 0 saturated heterocycles. The lowest BCUT2D eigenvalue weighted by atomic mass is 10.1. The van der Waals surface area contributed by atoms with Crippen molar-refractivity contribution in [1.82, 2.24) is 0 Å². The van der Waals surface area contributed by atoms with Crippen LogP contribution in [0.3, 0.4) is 0 Å². The van der Waals surface area contributed by atoms with Gasteiger partial charge in [0, 0.05) is 0 Å². The fourth-order valence-corrected chi connectivity index (χ4v) is 3.41. The Kier molecular flexibility index (Phi) is 21.5. The molecule has 0 aliphatic carbocycles. The van der Waals surface area contributed by atoms with E-state index in [1.807, 2.05) is 0 Å². The molecule has 0 unspecified atom stereocenters. The van der Waals surface area contributed by atoms with Gasteiger partial charge in [0.1, 0.15) is 0 Å². The van der Waals surface area contributed by atoms with Crippen LogP contribution in [0.15, 0.2) is 154 Å². The highest BCUT2D eigenvalue weighted by molar-refractivity contribution is 5.32. The molecule has 216 valence electrons. The molecule has 0 aromatic rings. The number of allylic oxidation sites excluding steroid dienone is 26. The molecule has 0 heterocycles. The van der Waals surface area contributed by atoms with Crippen LogP contribution in [-0.4, -0.2) is 0 Å². The van der Waals surface area contributed by atoms with Crippen LogP contribution in [0.4, 0.5) is 0 Å². The zero-order valence-electron chi connectivity index (χ0n) is 27.2. The summed E-state index contributed by atoms with van der Waals surface area (Å²) in [6.07, 6.45) is 43.3. The van der Waals surface area contributed by atoms with Crippen molar-refractivity contribution in [3.05, 3.63) is 154 Å². The molecule has 0 heteroatoms. The molecule has 40 heavy (non-hydrogen) atoms. The topological polar surface area (TPSA) is 0 Å². The van der Waals surface area contributed by atoms with E-state index in [2.05, 4.69) is 179 Å². The molecule has 0 amide bonds. The summed E-state index contributed by atoms with van der Waals surface area (Å²) in [4.78, 5) is 0. The highest BCUT2D eigenvalue weighted by Crippen LogP contribution is 2.09. The second kappa shape index (κ2) is 23.5. The Hall–Kier alpha value is -3.38. The van der Waals surface area contributed by atoms with Crippen LogP contribution in [0, 0.1) is 0 Å². The third kappa shape index (κ3) is 24.9. The Labute approximate surface area is 248 Å². The van der Waals surface area contributed by atoms with Gasteiger partial charge < -0.3 is 0 Å². The van der Waals surface area contributed by atoms with Gasteiger partial charge in [-0.3, -0.25) is 0 Å². The van der Waals surface area contributed by atoms with E-state index >= 15 is 0 Å². The van der Waals surface area contributed by atoms with E-state index in [-0.39, 0.29) is 0 Å². The zero-order chi connectivity index (χ0) is 30.2. The minimum absolute atomic E-state index is 1.12. The molecular formula is C40H56. The molecule has 0 fully saturated rings. The molecule has 0 N–H and O–H groups in total. The van der Waals surface area contributed by atoms with Crippen molar-refractivity contribution in [2.24, 2.45) is 0 Å². The van der Waals surface area contributed by atoms with Crippen LogP contribution >= 0.6 is 0 Å². The number of hydrogen-bond acceptors (Lipinski definition) is 0. The van der Waals surface area contributed by atoms with Gasteiger partial charge in [-0.2, -0.15) is 0 Å². The molecule has 0 rings (SSSR count). The van der Waals surface area contributed by atoms with E-state index in [1.165, 1.54) is 44.6 Å². The van der Waals surface area contributed by atoms with Crippen molar-refractivity contribution >= 4 is 0 Å². The fourth-order valence-electron chi connectivity index (χ4n) is 3.41. The minimum atomic E-state index is 1.12. The lowest BCUT2D eigenvalue weighted by Crippen LogP contribution is -1.76. The predicted octanol–water partition coefficient (Wildman–Crippen LogP) is 12.9. The molecule has 0 atom stereocenters. The lowest BCUT2D eigenvalue weighted by Gasteiger charge is -1.96. The van der Waals surface area contributed by atoms with Gasteiger partial charge >= 0.3 is 0 Å². The van der Waals surface area contributed by atoms with Gasteiger partial charge in [0.05, 0.1) is 0 Å². The van der Waals surface area contributed by atoms with E-state index in [9.17, 15) is 0 Å². The number of hydrogen-bond donors (Lipinski definition) is 0. The van der Waals surface area contributed by atoms with E-state index in [4.69, 9.17) is 0 Å². The van der Waals surface area contributed by atoms with Gasteiger partial charge in [-0.15, -0.1) is 0 Å². The largest absolute Gasteiger partial charge is 0.0856 e. The molecule has 0 saturated carbocycles. The van der Waals surface area contributed by atoms with Crippen LogP contribution in [0.5, 0.6) is 0 Å². The fraction of sp³-hybridized carbons (Fsp3) is 0.350. The standard InChI is InChI=1S/C40H56/c1-33(2)19-13-23-37(7)27-17-31-39(9)29-15-25-35(5)21-11-12-22-36(6)26-16-30-40(10)32-18-28-38(8)24-14-20-34(3)4/h11-12,15-22,25-32H,13-14,23-24H2,1-10H3/b12-11+,25-15+,26-16+,31-17+,32-18+,35-21+,36-22+,37-27+,38-28+,39-29-,40-30-. The van der Waals surface area contributed by atoms with Crippen LogP contribution in [0.1, 0.15) is 94.9 Å². The van der Waals surface area contributed by atoms with Crippen LogP contribution in [0.2, 0.25) is 0 Å². The lowest BCUT2D eigenvalue weighted by molar-refractivity contribution is 0.967. The third-order valence-corrected chi connectivity index (χ3v) is 5.93. The predicted molar refractivity (Wildman–Crippen MR) is 186 cm³/mol. The molecular weight excluding hydrogens is 480 g/mol. The second-order valence-electron chi connectivity index (χ2n) is 11.1. The Morgan fingerprint density at radius 2 is 0.625 bits per heavy atom. The van der Waals surface area contributed by atoms with Crippen molar-refractivity contribution in [3.63, 3.8) is 0 Å². The Morgan fingerprint density at radius 3 is 0.925 bits per heavy atom. The van der Waals surface area contributed by atoms with Gasteiger partial charge in [-0.1, -0.05) is 154 Å². The summed E-state index contributed by atoms with van der Waals surface area (Å²) >= 11 is 0. The monoisotopic (exact) mass is 536 g/mol. The van der Waals surface area contributed by atoms with Crippen LogP contribution in [-0.2, 0) is 0 Å². The summed E-state index contributed by atoms with van der Waals surface area (Å²) in [6, 6.07) is 0. The summed E-state index contributed by atoms with van der Waals surface area (Å²) in [6.45, 7) is 21.5. The van der Waals surface area contributed by atoms with Crippen molar-refractivity contribution in [2.45, 2.75) is 94.9 Å². The van der Waals surface area contributed by atoms with Crippen molar-refractivity contribution < 1.29 is 0 Å². The second-order valence-corrected chi connectivity index (χ2v) is 11.1. The SMILES string of the molecule is CC(C)=CCC/C(C)=C/C=C/C(C)=C\C=C\C(C)=C\C=C\C=C(C)\C=C\C=C(C)/C=C/C=C(\C)CCC=C(C)C. The summed E-state index contributed by atoms with van der Waals surface area (Å²) in [5.74, 6) is 0. The van der Waals surface area contributed by atoms with E-state index in [1.54, 1.807) is 0 Å². The van der Waals surface area contributed by atoms with Crippen molar-refractivity contribution in [2.75, 3.05) is 0 Å². The Bertz CT molecular complexity index is 1050. The van der Waals surface area contributed by atoms with Gasteiger partial charge in [0.15, 0.2) is 0 Å². The third-order valence-electron chi connectivity index (χ3n) is 5.93. The highest BCUT2D eigenvalue weighted by atomic mass is 13.9. The maximum absolute atomic E-state index is 2.30. The average molecular weight is 537 g/mol. The van der Waals surface area contributed by atoms with Gasteiger partial charge in [-0.25, -0.2) is 0 Å². The van der Waals surface area contributed by atoms with Gasteiger partial charge in [0.2, 0.25) is 0 Å². The Balaban J connectivity index is 4.70. The summed E-state index contributed by atoms with van der Waals surface area (Å²) in [7, 11) is 0. The van der Waals surface area contributed by atoms with Crippen molar-refractivity contribution in [1.29, 1.82) is 0 Å². The Morgan fingerprint density at radius 1 is 0.350 bits per heavy atom. The maximum atomic E-state index is 2.30. The summed E-state index contributed by atoms with van der Waals surface area (Å²) < 4.78 is 0. The quantitative estimate of drug-likeness (QED) is 0.136. The minimum Gasteiger partial charge on any atom is -0.0856 e. The number of rotatable bonds is 16. The maximum Gasteiger partial charge on any atom is -0.0285 e. The highest BCUT2D eigenvalue weighted by Gasteiger charge is 1.88. The first-order valence-electron chi connectivity index (χ1n) is 14.7. The first-order valence-corrected chi connectivity index (χ1v) is 14.7. The van der Waals surface area contributed by atoms with Crippen molar-refractivity contribution in [3.8, 4) is 0 Å². The zero-order valence-corrected chi connectivity index (χ0v) is 27.2. The molecule has 0 aliphatic heterocycles. The molecule has 0 aromatic carbocycles. The summed E-state index contributed by atoms with van der Waals surface area (Å²) in [5.41, 5.74) is 10.5.